The van der Waals surface area contributed by atoms with E-state index in [1.54, 1.807) is 0 Å². The molecule has 3 atom stereocenters. The molecule has 0 saturated carbocycles. The summed E-state index contributed by atoms with van der Waals surface area (Å²) in [6.45, 7) is 2.59. The number of carbonyl (C=O) groups excluding carboxylic acids is 2. The fourth-order valence-electron chi connectivity index (χ4n) is 4.80. The topological polar surface area (TPSA) is 172 Å². The van der Waals surface area contributed by atoms with Crippen LogP contribution in [0.4, 0.5) is 0 Å². The zero-order valence-corrected chi connectivity index (χ0v) is 32.3. The molecule has 11 nitrogen and oxygen atoms in total. The smallest absolute Gasteiger partial charge is 0.472 e. The molecule has 0 saturated heterocycles. The van der Waals surface area contributed by atoms with Crippen LogP contribution >= 0.6 is 7.82 Å². The van der Waals surface area contributed by atoms with E-state index >= 15 is 0 Å². The number of unbranched alkanes of at least 4 members (excludes halogenated alkanes) is 13. The molecular weight excluding hydrogens is 673 g/mol. The minimum atomic E-state index is -4.73. The van der Waals surface area contributed by atoms with Gasteiger partial charge in [-0.05, 0) is 57.8 Å². The highest BCUT2D eigenvalue weighted by Gasteiger charge is 2.28. The van der Waals surface area contributed by atoms with E-state index in [4.69, 9.17) is 24.8 Å². The average Bonchev–Trinajstić information content (AvgIpc) is 3.10. The van der Waals surface area contributed by atoms with Crippen molar-refractivity contribution in [2.24, 2.45) is 5.73 Å². The molecule has 0 heterocycles. The summed E-state index contributed by atoms with van der Waals surface area (Å²) in [6, 6.07) is -1.53. The van der Waals surface area contributed by atoms with Crippen molar-refractivity contribution in [2.75, 3.05) is 19.8 Å². The molecule has 0 aliphatic heterocycles. The van der Waals surface area contributed by atoms with Crippen LogP contribution in [0.25, 0.3) is 0 Å². The average molecular weight is 742 g/mol. The lowest BCUT2D eigenvalue weighted by atomic mass is 10.1. The molecule has 0 radical (unpaired) electrons. The van der Waals surface area contributed by atoms with E-state index < -0.39 is 51.1 Å². The van der Waals surface area contributed by atoms with Crippen LogP contribution in [0.2, 0.25) is 0 Å². The van der Waals surface area contributed by atoms with E-state index in [0.29, 0.717) is 12.8 Å². The van der Waals surface area contributed by atoms with Crippen LogP contribution in [0, 0.1) is 0 Å². The quantitative estimate of drug-likeness (QED) is 0.0244. The van der Waals surface area contributed by atoms with Gasteiger partial charge in [-0.2, -0.15) is 0 Å². The van der Waals surface area contributed by atoms with E-state index in [2.05, 4.69) is 54.8 Å². The molecule has 0 aromatic rings. The lowest BCUT2D eigenvalue weighted by molar-refractivity contribution is -0.161. The second-order valence-corrected chi connectivity index (χ2v) is 14.1. The third kappa shape index (κ3) is 34.3. The first-order chi connectivity index (χ1) is 24.6. The van der Waals surface area contributed by atoms with Gasteiger partial charge in [-0.15, -0.1) is 0 Å². The Morgan fingerprint density at radius 2 is 1.14 bits per heavy atom. The molecule has 0 fully saturated rings. The molecule has 0 spiro atoms. The molecule has 294 valence electrons. The van der Waals surface area contributed by atoms with Gasteiger partial charge in [0.25, 0.3) is 0 Å². The van der Waals surface area contributed by atoms with Crippen LogP contribution in [0.5, 0.6) is 0 Å². The van der Waals surface area contributed by atoms with Crippen LogP contribution in [0.15, 0.2) is 48.6 Å². The van der Waals surface area contributed by atoms with Gasteiger partial charge in [0.05, 0.1) is 13.2 Å². The first-order valence-electron chi connectivity index (χ1n) is 19.2. The third-order valence-electron chi connectivity index (χ3n) is 7.82. The highest BCUT2D eigenvalue weighted by Crippen LogP contribution is 2.43. The number of hydrogen-bond acceptors (Lipinski definition) is 9. The van der Waals surface area contributed by atoms with E-state index in [1.165, 1.54) is 51.4 Å². The highest BCUT2D eigenvalue weighted by atomic mass is 31.2. The third-order valence-corrected chi connectivity index (χ3v) is 8.77. The number of phosphoric ester groups is 1. The summed E-state index contributed by atoms with van der Waals surface area (Å²) < 4.78 is 32.5. The number of aliphatic carboxylic acids is 1. The predicted octanol–water partition coefficient (Wildman–Crippen LogP) is 9.44. The van der Waals surface area contributed by atoms with Crippen molar-refractivity contribution in [1.29, 1.82) is 0 Å². The molecule has 0 aromatic carbocycles. The standard InChI is InChI=1S/C39H68NO10P/c1-3-5-7-9-11-13-15-17-19-20-22-24-26-28-30-37(41)47-32-35(33-48-51(45,46)49-34-36(40)39(43)44)50-38(42)31-29-27-25-23-21-18-16-14-12-10-8-6-4-2/h5,7,11,13,18,21,25,27,35-36H,3-4,6,8-10,12,14-17,19-20,22-24,26,28-34,40H2,1-2H3,(H,43,44)(H,45,46)/b7-5+,13-11+,21-18+,27-25+/t35?,36-/m0/s1. The lowest BCUT2D eigenvalue weighted by Gasteiger charge is -2.20. The molecule has 12 heteroatoms. The number of phosphoric acid groups is 1. The number of carbonyl (C=O) groups is 3. The van der Waals surface area contributed by atoms with E-state index in [9.17, 15) is 23.8 Å². The number of nitrogens with two attached hydrogens (primary N) is 1. The van der Waals surface area contributed by atoms with Crippen molar-refractivity contribution in [3.63, 3.8) is 0 Å². The molecule has 0 aliphatic carbocycles. The van der Waals surface area contributed by atoms with E-state index in [-0.39, 0.29) is 19.4 Å². The Hall–Kier alpha value is -2.56. The maximum absolute atomic E-state index is 12.5. The number of carboxylic acids is 1. The van der Waals surface area contributed by atoms with Crippen LogP contribution < -0.4 is 5.73 Å². The summed E-state index contributed by atoms with van der Waals surface area (Å²) in [4.78, 5) is 45.7. The van der Waals surface area contributed by atoms with Crippen LogP contribution in [-0.2, 0) is 37.5 Å². The summed E-state index contributed by atoms with van der Waals surface area (Å²) in [5, 5.41) is 8.85. The van der Waals surface area contributed by atoms with Crippen LogP contribution in [0.3, 0.4) is 0 Å². The molecular formula is C39H68NO10P. The Kier molecular flexibility index (Phi) is 32.8. The van der Waals surface area contributed by atoms with Gasteiger partial charge in [-0.3, -0.25) is 23.4 Å². The van der Waals surface area contributed by atoms with Crippen molar-refractivity contribution < 1.29 is 47.5 Å². The Balaban J connectivity index is 4.53. The minimum Gasteiger partial charge on any atom is -0.480 e. The first kappa shape index (κ1) is 48.4. The predicted molar refractivity (Wildman–Crippen MR) is 203 cm³/mol. The number of carboxylic acid groups (broad SMARTS) is 1. The summed E-state index contributed by atoms with van der Waals surface area (Å²) in [5.41, 5.74) is 5.31. The zero-order valence-electron chi connectivity index (χ0n) is 31.4. The van der Waals surface area contributed by atoms with E-state index in [0.717, 1.165) is 57.8 Å². The van der Waals surface area contributed by atoms with Crippen molar-refractivity contribution in [1.82, 2.24) is 0 Å². The monoisotopic (exact) mass is 741 g/mol. The lowest BCUT2D eigenvalue weighted by Crippen LogP contribution is -2.34. The Morgan fingerprint density at radius 3 is 1.71 bits per heavy atom. The minimum absolute atomic E-state index is 0.0521. The Bertz CT molecular complexity index is 1060. The van der Waals surface area contributed by atoms with Gasteiger partial charge in [-0.1, -0.05) is 127 Å². The number of allylic oxidation sites excluding steroid dienone is 8. The second-order valence-electron chi connectivity index (χ2n) is 12.7. The van der Waals surface area contributed by atoms with Gasteiger partial charge < -0.3 is 25.2 Å². The van der Waals surface area contributed by atoms with Crippen LogP contribution in [0.1, 0.15) is 149 Å². The van der Waals surface area contributed by atoms with Crippen molar-refractivity contribution in [3.8, 4) is 0 Å². The van der Waals surface area contributed by atoms with Crippen molar-refractivity contribution in [3.05, 3.63) is 48.6 Å². The summed E-state index contributed by atoms with van der Waals surface area (Å²) in [5.74, 6) is -2.48. The fourth-order valence-corrected chi connectivity index (χ4v) is 5.58. The van der Waals surface area contributed by atoms with E-state index in [1.807, 2.05) is 12.2 Å². The van der Waals surface area contributed by atoms with Crippen LogP contribution in [-0.4, -0.2) is 59.9 Å². The Morgan fingerprint density at radius 1 is 0.627 bits per heavy atom. The molecule has 2 unspecified atom stereocenters. The van der Waals surface area contributed by atoms with Crippen molar-refractivity contribution in [2.45, 2.75) is 161 Å². The largest absolute Gasteiger partial charge is 0.480 e. The maximum atomic E-state index is 12.5. The summed E-state index contributed by atoms with van der Waals surface area (Å²) >= 11 is 0. The molecule has 0 aromatic heterocycles. The Labute approximate surface area is 307 Å². The van der Waals surface area contributed by atoms with Gasteiger partial charge in [0.1, 0.15) is 12.6 Å². The number of rotatable bonds is 35. The first-order valence-corrected chi connectivity index (χ1v) is 20.7. The summed E-state index contributed by atoms with van der Waals surface area (Å²) in [7, 11) is -4.73. The second kappa shape index (κ2) is 34.5. The molecule has 0 aliphatic rings. The molecule has 4 N–H and O–H groups in total. The maximum Gasteiger partial charge on any atom is 0.472 e. The van der Waals surface area contributed by atoms with Gasteiger partial charge >= 0.3 is 25.7 Å². The highest BCUT2D eigenvalue weighted by molar-refractivity contribution is 7.47. The molecule has 0 amide bonds. The van der Waals surface area contributed by atoms with Gasteiger partial charge in [0.15, 0.2) is 6.10 Å². The number of hydrogen-bond donors (Lipinski definition) is 3. The van der Waals surface area contributed by atoms with Crippen molar-refractivity contribution >= 4 is 25.7 Å². The van der Waals surface area contributed by atoms with Gasteiger partial charge in [-0.25, -0.2) is 4.57 Å². The zero-order chi connectivity index (χ0) is 37.8. The normalized spacial score (nSPS) is 14.4. The number of esters is 2. The van der Waals surface area contributed by atoms with Gasteiger partial charge in [0, 0.05) is 12.8 Å². The number of ether oxygens (including phenoxy) is 2. The van der Waals surface area contributed by atoms with Gasteiger partial charge in [0.2, 0.25) is 0 Å². The molecule has 0 bridgehead atoms. The molecule has 51 heavy (non-hydrogen) atoms. The molecule has 0 rings (SSSR count). The summed E-state index contributed by atoms with van der Waals surface area (Å²) in [6.07, 6.45) is 36.3. The SMILES string of the molecule is CC/C=C/C/C=C/CCCCCCCCCC(=O)OCC(COP(=O)(O)OC[C@H](N)C(=O)O)OC(=O)CC/C=C/C/C=C/CCCCCCCC. The fraction of sp³-hybridized carbons (Fsp3) is 0.718.